The summed E-state index contributed by atoms with van der Waals surface area (Å²) in [7, 11) is 0. The smallest absolute Gasteiger partial charge is 0.242 e. The van der Waals surface area contributed by atoms with E-state index in [1.165, 1.54) is 17.0 Å². The topological polar surface area (TPSA) is 59.1 Å². The van der Waals surface area contributed by atoms with E-state index in [-0.39, 0.29) is 42.9 Å². The summed E-state index contributed by atoms with van der Waals surface area (Å²) in [6, 6.07) is 7.68. The van der Waals surface area contributed by atoms with Crippen LogP contribution in [0.2, 0.25) is 0 Å². The predicted molar refractivity (Wildman–Crippen MR) is 120 cm³/mol. The number of fused-ring (bicyclic) bond motifs is 1. The fourth-order valence-electron chi connectivity index (χ4n) is 4.35. The first-order chi connectivity index (χ1) is 15.5. The van der Waals surface area contributed by atoms with Gasteiger partial charge in [-0.05, 0) is 60.5 Å². The van der Waals surface area contributed by atoms with Crippen molar-refractivity contribution in [3.63, 3.8) is 0 Å². The van der Waals surface area contributed by atoms with Crippen LogP contribution < -0.4 is 4.74 Å². The normalized spacial score (nSPS) is 20.1. The van der Waals surface area contributed by atoms with Gasteiger partial charge in [0.25, 0.3) is 0 Å². The second-order valence-electron chi connectivity index (χ2n) is 8.18. The molecule has 172 valence electrons. The quantitative estimate of drug-likeness (QED) is 0.601. The molecule has 32 heavy (non-hydrogen) atoms. The Morgan fingerprint density at radius 2 is 2.09 bits per heavy atom. The molecule has 8 heteroatoms. The van der Waals surface area contributed by atoms with Gasteiger partial charge in [-0.15, -0.1) is 11.3 Å². The van der Waals surface area contributed by atoms with Gasteiger partial charge in [0.1, 0.15) is 18.2 Å². The Morgan fingerprint density at radius 1 is 1.28 bits per heavy atom. The fourth-order valence-corrected chi connectivity index (χ4v) is 5.28. The maximum Gasteiger partial charge on any atom is 0.242 e. The largest absolute Gasteiger partial charge is 0.491 e. The molecule has 0 spiro atoms. The maximum absolute atomic E-state index is 13.4. The van der Waals surface area contributed by atoms with Crippen LogP contribution in [0.25, 0.3) is 0 Å². The maximum atomic E-state index is 13.4. The van der Waals surface area contributed by atoms with Gasteiger partial charge in [0, 0.05) is 31.0 Å². The van der Waals surface area contributed by atoms with Gasteiger partial charge < -0.3 is 19.3 Å². The molecule has 1 saturated heterocycles. The molecule has 0 aliphatic carbocycles. The minimum Gasteiger partial charge on any atom is -0.491 e. The minimum atomic E-state index is -0.320. The number of thiophene rings is 1. The third-order valence-electron chi connectivity index (χ3n) is 6.07. The molecule has 0 saturated carbocycles. The van der Waals surface area contributed by atoms with Gasteiger partial charge in [-0.3, -0.25) is 9.59 Å². The van der Waals surface area contributed by atoms with Crippen molar-refractivity contribution in [3.05, 3.63) is 52.0 Å². The summed E-state index contributed by atoms with van der Waals surface area (Å²) in [4.78, 5) is 30.6. The van der Waals surface area contributed by atoms with Crippen LogP contribution in [0.3, 0.4) is 0 Å². The van der Waals surface area contributed by atoms with E-state index in [2.05, 4.69) is 0 Å². The predicted octanol–water partition coefficient (Wildman–Crippen LogP) is 3.81. The zero-order valence-corrected chi connectivity index (χ0v) is 19.1. The molecular formula is C24H29FN2O4S. The van der Waals surface area contributed by atoms with Crippen LogP contribution in [0.4, 0.5) is 4.39 Å². The molecule has 3 heterocycles. The van der Waals surface area contributed by atoms with Gasteiger partial charge in [0.15, 0.2) is 0 Å². The first-order valence-corrected chi connectivity index (χ1v) is 12.1. The van der Waals surface area contributed by atoms with E-state index in [1.807, 2.05) is 23.3 Å². The molecule has 6 nitrogen and oxygen atoms in total. The number of nitrogens with zero attached hydrogens (tertiary/aromatic N) is 2. The lowest BCUT2D eigenvalue weighted by Gasteiger charge is -2.37. The minimum absolute atomic E-state index is 0.000684. The van der Waals surface area contributed by atoms with Crippen LogP contribution in [-0.4, -0.2) is 60.6 Å². The number of ether oxygens (including phenoxy) is 2. The van der Waals surface area contributed by atoms with Crippen LogP contribution >= 0.6 is 11.3 Å². The second kappa shape index (κ2) is 10.4. The number of halogens is 1. The van der Waals surface area contributed by atoms with Crippen LogP contribution in [0.5, 0.6) is 5.75 Å². The van der Waals surface area contributed by atoms with Crippen molar-refractivity contribution in [2.75, 3.05) is 32.8 Å². The standard InChI is InChI=1S/C24H29FN2O4S/c1-2-23(28)26(14-19-4-3-12-30-19)15-24(29)27-11-9-22-20(10-13-32-22)21(27)16-31-18-7-5-17(25)6-8-18/h5-8,10,13,19,21H,2-4,9,11-12,14-16H2,1H3/t19-,21-/m1/s1. The van der Waals surface area contributed by atoms with Crippen molar-refractivity contribution < 1.29 is 23.5 Å². The molecule has 1 aromatic heterocycles. The molecule has 1 fully saturated rings. The van der Waals surface area contributed by atoms with Gasteiger partial charge in [-0.2, -0.15) is 0 Å². The first-order valence-electron chi connectivity index (χ1n) is 11.2. The van der Waals surface area contributed by atoms with E-state index in [0.29, 0.717) is 31.9 Å². The van der Waals surface area contributed by atoms with Gasteiger partial charge >= 0.3 is 0 Å². The number of rotatable bonds is 8. The molecule has 0 radical (unpaired) electrons. The Bertz CT molecular complexity index is 926. The number of benzene rings is 1. The highest BCUT2D eigenvalue weighted by Gasteiger charge is 2.34. The lowest BCUT2D eigenvalue weighted by molar-refractivity contribution is -0.143. The molecule has 2 aliphatic heterocycles. The summed E-state index contributed by atoms with van der Waals surface area (Å²) < 4.78 is 24.8. The number of carbonyl (C=O) groups is 2. The number of amides is 2. The van der Waals surface area contributed by atoms with Crippen LogP contribution in [0, 0.1) is 5.82 Å². The highest BCUT2D eigenvalue weighted by molar-refractivity contribution is 7.10. The molecule has 2 aliphatic rings. The second-order valence-corrected chi connectivity index (χ2v) is 9.18. The molecule has 2 amide bonds. The van der Waals surface area contributed by atoms with E-state index in [0.717, 1.165) is 24.8 Å². The van der Waals surface area contributed by atoms with Crippen molar-refractivity contribution in [2.45, 2.75) is 44.8 Å². The number of hydrogen-bond donors (Lipinski definition) is 0. The van der Waals surface area contributed by atoms with E-state index < -0.39 is 0 Å². The first kappa shape index (κ1) is 22.7. The summed E-state index contributed by atoms with van der Waals surface area (Å²) in [6.07, 6.45) is 3.05. The molecule has 2 atom stereocenters. The van der Waals surface area contributed by atoms with Crippen LogP contribution in [0.1, 0.15) is 42.7 Å². The van der Waals surface area contributed by atoms with Crippen molar-refractivity contribution >= 4 is 23.2 Å². The summed E-state index contributed by atoms with van der Waals surface area (Å²) in [5, 5.41) is 2.04. The van der Waals surface area contributed by atoms with Gasteiger partial charge in [0.05, 0.1) is 18.7 Å². The molecule has 4 rings (SSSR count). The average Bonchev–Trinajstić information content (AvgIpc) is 3.49. The fraction of sp³-hybridized carbons (Fsp3) is 0.500. The SMILES string of the molecule is CCC(=O)N(CC(=O)N1CCc2sccc2[C@H]1COc1ccc(F)cc1)C[C@H]1CCCO1. The Kier molecular flexibility index (Phi) is 7.42. The average molecular weight is 461 g/mol. The van der Waals surface area contributed by atoms with E-state index in [4.69, 9.17) is 9.47 Å². The Morgan fingerprint density at radius 3 is 2.81 bits per heavy atom. The van der Waals surface area contributed by atoms with Gasteiger partial charge in [-0.1, -0.05) is 6.92 Å². The van der Waals surface area contributed by atoms with E-state index >= 15 is 0 Å². The van der Waals surface area contributed by atoms with Crippen molar-refractivity contribution in [2.24, 2.45) is 0 Å². The Labute approximate surface area is 191 Å². The highest BCUT2D eigenvalue weighted by atomic mass is 32.1. The van der Waals surface area contributed by atoms with Crippen molar-refractivity contribution in [3.8, 4) is 5.75 Å². The highest BCUT2D eigenvalue weighted by Crippen LogP contribution is 2.34. The van der Waals surface area contributed by atoms with Gasteiger partial charge in [0.2, 0.25) is 11.8 Å². The zero-order valence-electron chi connectivity index (χ0n) is 18.3. The molecule has 0 unspecified atom stereocenters. The third kappa shape index (κ3) is 5.30. The summed E-state index contributed by atoms with van der Waals surface area (Å²) in [5.41, 5.74) is 1.09. The lowest BCUT2D eigenvalue weighted by atomic mass is 10.0. The van der Waals surface area contributed by atoms with Crippen molar-refractivity contribution in [1.82, 2.24) is 9.80 Å². The molecule has 1 aromatic carbocycles. The van der Waals surface area contributed by atoms with Crippen molar-refractivity contribution in [1.29, 1.82) is 0 Å². The Hall–Kier alpha value is -2.45. The summed E-state index contributed by atoms with van der Waals surface area (Å²) in [5.74, 6) is 0.108. The zero-order chi connectivity index (χ0) is 22.5. The summed E-state index contributed by atoms with van der Waals surface area (Å²) in [6.45, 7) is 3.87. The molecule has 0 N–H and O–H groups in total. The monoisotopic (exact) mass is 460 g/mol. The lowest BCUT2D eigenvalue weighted by Crippen LogP contribution is -2.49. The molecule has 2 aromatic rings. The molecule has 0 bridgehead atoms. The van der Waals surface area contributed by atoms with E-state index in [9.17, 15) is 14.0 Å². The number of carbonyl (C=O) groups excluding carboxylic acids is 2. The molecular weight excluding hydrogens is 431 g/mol. The number of hydrogen-bond acceptors (Lipinski definition) is 5. The van der Waals surface area contributed by atoms with Gasteiger partial charge in [-0.25, -0.2) is 4.39 Å². The van der Waals surface area contributed by atoms with Crippen LogP contribution in [0.15, 0.2) is 35.7 Å². The van der Waals surface area contributed by atoms with Crippen LogP contribution in [-0.2, 0) is 20.7 Å². The summed E-state index contributed by atoms with van der Waals surface area (Å²) >= 11 is 1.69. The van der Waals surface area contributed by atoms with E-state index in [1.54, 1.807) is 28.4 Å². The Balaban J connectivity index is 1.47. The third-order valence-corrected chi connectivity index (χ3v) is 7.06.